The molecule has 2 aromatic carbocycles. The highest BCUT2D eigenvalue weighted by atomic mass is 15.7. The first kappa shape index (κ1) is 28.0. The number of pyridine rings is 2. The molecule has 0 amide bonds. The van der Waals surface area contributed by atoms with Crippen LogP contribution in [0.1, 0.15) is 43.0 Å². The molecule has 2 aromatic heterocycles. The van der Waals surface area contributed by atoms with Crippen LogP contribution in [0.15, 0.2) is 79.0 Å². The molecule has 1 aliphatic rings. The van der Waals surface area contributed by atoms with Gasteiger partial charge >= 0.3 is 0 Å². The van der Waals surface area contributed by atoms with Gasteiger partial charge in [-0.1, -0.05) is 32.9 Å². The van der Waals surface area contributed by atoms with Gasteiger partial charge in [-0.2, -0.15) is 15.8 Å². The molecular formula is C31H29BN10. The largest absolute Gasteiger partial charge is 0.383 e. The van der Waals surface area contributed by atoms with Crippen LogP contribution in [0.2, 0.25) is 0 Å². The van der Waals surface area contributed by atoms with E-state index in [0.29, 0.717) is 45.5 Å². The zero-order chi connectivity index (χ0) is 29.9. The minimum absolute atomic E-state index is 0.0473. The molecule has 0 aliphatic carbocycles. The van der Waals surface area contributed by atoms with E-state index in [4.69, 9.17) is 0 Å². The van der Waals surface area contributed by atoms with Crippen molar-refractivity contribution in [3.05, 3.63) is 101 Å². The van der Waals surface area contributed by atoms with Gasteiger partial charge in [-0.15, -0.1) is 5.53 Å². The van der Waals surface area contributed by atoms with Gasteiger partial charge in [0, 0.05) is 36.2 Å². The maximum atomic E-state index is 10.1. The van der Waals surface area contributed by atoms with E-state index >= 15 is 0 Å². The maximum absolute atomic E-state index is 10.1. The highest BCUT2D eigenvalue weighted by molar-refractivity contribution is 6.19. The Balaban J connectivity index is 1.66. The molecule has 4 N–H and O–H groups in total. The van der Waals surface area contributed by atoms with Crippen LogP contribution in [0.5, 0.6) is 0 Å². The van der Waals surface area contributed by atoms with Crippen LogP contribution in [0.4, 0.5) is 17.1 Å². The van der Waals surface area contributed by atoms with Gasteiger partial charge in [0.1, 0.15) is 20.0 Å². The average Bonchev–Trinajstić information content (AvgIpc) is 3.50. The van der Waals surface area contributed by atoms with Gasteiger partial charge in [-0.25, -0.2) is 0 Å². The van der Waals surface area contributed by atoms with E-state index in [0.717, 1.165) is 16.9 Å². The van der Waals surface area contributed by atoms with Crippen molar-refractivity contribution in [3.63, 3.8) is 0 Å². The van der Waals surface area contributed by atoms with Crippen molar-refractivity contribution in [3.8, 4) is 18.2 Å². The molecule has 0 saturated carbocycles. The lowest BCUT2D eigenvalue weighted by atomic mass is 9.69. The van der Waals surface area contributed by atoms with Crippen molar-refractivity contribution in [2.24, 2.45) is 5.41 Å². The summed E-state index contributed by atoms with van der Waals surface area (Å²) in [6.07, 6.45) is 6.87. The molecule has 11 heteroatoms. The number of nitriles is 3. The monoisotopic (exact) mass is 552 g/mol. The number of nitrogens with zero attached hydrogens (tertiary/aromatic N) is 6. The number of hydrogen-bond donors (Lipinski definition) is 4. The first-order chi connectivity index (χ1) is 20.1. The summed E-state index contributed by atoms with van der Waals surface area (Å²) in [7, 11) is 2.00. The highest BCUT2D eigenvalue weighted by Gasteiger charge is 2.35. The summed E-state index contributed by atoms with van der Waals surface area (Å²) < 4.78 is 0. The molecule has 0 spiro atoms. The Kier molecular flexibility index (Phi) is 7.42. The third-order valence-electron chi connectivity index (χ3n) is 7.00. The second-order valence-corrected chi connectivity index (χ2v) is 11.4. The van der Waals surface area contributed by atoms with E-state index in [1.54, 1.807) is 24.5 Å². The third kappa shape index (κ3) is 5.53. The van der Waals surface area contributed by atoms with E-state index in [-0.39, 0.29) is 5.41 Å². The van der Waals surface area contributed by atoms with E-state index in [1.807, 2.05) is 55.5 Å². The number of anilines is 3. The summed E-state index contributed by atoms with van der Waals surface area (Å²) in [5.41, 5.74) is 11.0. The number of aromatic nitrogens is 2. The van der Waals surface area contributed by atoms with Crippen molar-refractivity contribution < 1.29 is 0 Å². The lowest BCUT2D eigenvalue weighted by Gasteiger charge is -2.34. The van der Waals surface area contributed by atoms with Crippen molar-refractivity contribution in [2.75, 3.05) is 22.2 Å². The van der Waals surface area contributed by atoms with Gasteiger partial charge in [-0.05, 0) is 47.4 Å². The third-order valence-corrected chi connectivity index (χ3v) is 7.00. The van der Waals surface area contributed by atoms with Crippen LogP contribution in [0.25, 0.3) is 10.9 Å². The van der Waals surface area contributed by atoms with Crippen LogP contribution in [-0.4, -0.2) is 24.4 Å². The average molecular weight is 552 g/mol. The number of hydrazine groups is 2. The van der Waals surface area contributed by atoms with E-state index in [2.05, 4.69) is 70.5 Å². The van der Waals surface area contributed by atoms with Crippen LogP contribution in [0, 0.1) is 39.4 Å². The van der Waals surface area contributed by atoms with Gasteiger partial charge in [0.2, 0.25) is 0 Å². The molecular weight excluding hydrogens is 523 g/mol. The van der Waals surface area contributed by atoms with Gasteiger partial charge in [0.15, 0.2) is 0 Å². The molecule has 3 heterocycles. The first-order valence-electron chi connectivity index (χ1n) is 13.4. The number of rotatable bonds is 7. The maximum Gasteiger partial charge on any atom is 0.148 e. The zero-order valence-electron chi connectivity index (χ0n) is 23.8. The summed E-state index contributed by atoms with van der Waals surface area (Å²) in [5, 5.41) is 39.2. The molecule has 1 atom stereocenters. The Labute approximate surface area is 245 Å². The molecule has 0 saturated heterocycles. The topological polar surface area (TPSA) is 149 Å². The molecule has 0 fully saturated rings. The van der Waals surface area contributed by atoms with Crippen LogP contribution in [0.3, 0.4) is 0 Å². The lowest BCUT2D eigenvalue weighted by molar-refractivity contribution is 0.443. The van der Waals surface area contributed by atoms with Crippen molar-refractivity contribution in [1.29, 1.82) is 15.8 Å². The van der Waals surface area contributed by atoms with Crippen LogP contribution in [-0.2, 0) is 5.44 Å². The van der Waals surface area contributed by atoms with E-state index in [1.165, 1.54) is 6.20 Å². The number of benzene rings is 2. The Hall–Kier alpha value is -5.57. The number of hydrogen-bond acceptors (Lipinski definition) is 10. The molecule has 4 aromatic rings. The van der Waals surface area contributed by atoms with Gasteiger partial charge in [-0.3, -0.25) is 15.0 Å². The molecule has 1 aliphatic heterocycles. The fraction of sp³-hybridized carbons (Fsp3) is 0.194. The normalized spacial score (nSPS) is 14.1. The Morgan fingerprint density at radius 1 is 0.976 bits per heavy atom. The van der Waals surface area contributed by atoms with Crippen molar-refractivity contribution in [2.45, 2.75) is 26.2 Å². The molecule has 0 radical (unpaired) electrons. The SMILES string of the molecule is BC(Nc1cc(C#N)c2ncc(C#N)c(NCC(C)(C)C)c2c1)(C1=CN(c2cccnc2)NN1)c1cccc(C#N)c1. The van der Waals surface area contributed by atoms with Crippen LogP contribution >= 0.6 is 0 Å². The molecule has 1 unspecified atom stereocenters. The fourth-order valence-electron chi connectivity index (χ4n) is 4.78. The Bertz CT molecular complexity index is 1810. The highest BCUT2D eigenvalue weighted by Crippen LogP contribution is 2.36. The zero-order valence-corrected chi connectivity index (χ0v) is 23.8. The minimum atomic E-state index is -0.892. The van der Waals surface area contributed by atoms with Crippen LogP contribution < -0.4 is 26.6 Å². The standard InChI is InChI=1S/C31H29BN10/c1-30(2,3)19-38-29-22(15-35)16-37-28-21(14-34)11-24(12-26(28)29)39-31(32,23-7-4-6-20(10-23)13-33)27-18-42(41-40-27)25-8-5-9-36-17-25/h4-12,16-18,39-41H,19,32H2,1-3H3,(H,37,38). The van der Waals surface area contributed by atoms with Crippen molar-refractivity contribution in [1.82, 2.24) is 20.9 Å². The molecule has 0 bridgehead atoms. The van der Waals surface area contributed by atoms with Crippen molar-refractivity contribution >= 4 is 35.8 Å². The fourth-order valence-corrected chi connectivity index (χ4v) is 4.78. The summed E-state index contributed by atoms with van der Waals surface area (Å²) in [6, 6.07) is 21.6. The molecule has 5 rings (SSSR count). The molecule has 206 valence electrons. The predicted octanol–water partition coefficient (Wildman–Crippen LogP) is 3.97. The minimum Gasteiger partial charge on any atom is -0.383 e. The van der Waals surface area contributed by atoms with Gasteiger partial charge < -0.3 is 16.1 Å². The Morgan fingerprint density at radius 3 is 2.48 bits per heavy atom. The van der Waals surface area contributed by atoms with E-state index < -0.39 is 5.44 Å². The summed E-state index contributed by atoms with van der Waals surface area (Å²) >= 11 is 0. The first-order valence-corrected chi connectivity index (χ1v) is 13.4. The number of nitrogens with one attached hydrogen (secondary N) is 4. The van der Waals surface area contributed by atoms with E-state index in [9.17, 15) is 15.8 Å². The Morgan fingerprint density at radius 2 is 1.79 bits per heavy atom. The second kappa shape index (κ2) is 11.1. The smallest absolute Gasteiger partial charge is 0.148 e. The molecule has 10 nitrogen and oxygen atoms in total. The lowest BCUT2D eigenvalue weighted by Crippen LogP contribution is -2.45. The predicted molar refractivity (Wildman–Crippen MR) is 165 cm³/mol. The summed E-state index contributed by atoms with van der Waals surface area (Å²) in [4.78, 5) is 8.68. The quantitative estimate of drug-likeness (QED) is 0.248. The second-order valence-electron chi connectivity index (χ2n) is 11.4. The summed E-state index contributed by atoms with van der Waals surface area (Å²) in [5.74, 6) is 0. The number of fused-ring (bicyclic) bond motifs is 1. The molecule has 42 heavy (non-hydrogen) atoms. The van der Waals surface area contributed by atoms with Gasteiger partial charge in [0.05, 0.1) is 57.0 Å². The summed E-state index contributed by atoms with van der Waals surface area (Å²) in [6.45, 7) is 6.94. The van der Waals surface area contributed by atoms with Gasteiger partial charge in [0.25, 0.3) is 0 Å².